The number of carbonyl (C=O) groups excluding carboxylic acids is 1. The highest BCUT2D eigenvalue weighted by Gasteiger charge is 2.22. The molecule has 0 saturated heterocycles. The number of rotatable bonds is 10. The van der Waals surface area contributed by atoms with Crippen molar-refractivity contribution in [3.63, 3.8) is 0 Å². The first-order valence-electron chi connectivity index (χ1n) is 9.78. The Hall–Kier alpha value is -2.75. The average Bonchev–Trinajstić information content (AvgIpc) is 3.41. The number of aliphatic hydroxyl groups excluding tert-OH is 1. The normalized spacial score (nSPS) is 11.1. The second-order valence-corrected chi connectivity index (χ2v) is 7.31. The van der Waals surface area contributed by atoms with Gasteiger partial charge in [0.2, 0.25) is 5.13 Å². The lowest BCUT2D eigenvalue weighted by atomic mass is 10.2. The van der Waals surface area contributed by atoms with Crippen LogP contribution in [0.1, 0.15) is 29.9 Å². The molecule has 9 heteroatoms. The van der Waals surface area contributed by atoms with Crippen LogP contribution >= 0.6 is 11.3 Å². The van der Waals surface area contributed by atoms with Crippen molar-refractivity contribution in [2.24, 2.45) is 0 Å². The lowest BCUT2D eigenvalue weighted by Gasteiger charge is -2.20. The summed E-state index contributed by atoms with van der Waals surface area (Å²) in [6, 6.07) is 7.68. The SMILES string of the molecule is CCOC(=O)c1cnn(-c2nc(-c3ccc(OC)cc3)cs2)c1CN(CC)CCO. The first-order valence-corrected chi connectivity index (χ1v) is 10.7. The summed E-state index contributed by atoms with van der Waals surface area (Å²) >= 11 is 1.45. The Kier molecular flexibility index (Phi) is 7.56. The van der Waals surface area contributed by atoms with Crippen molar-refractivity contribution in [3.8, 4) is 22.1 Å². The largest absolute Gasteiger partial charge is 0.497 e. The van der Waals surface area contributed by atoms with Gasteiger partial charge >= 0.3 is 5.97 Å². The third-order valence-corrected chi connectivity index (χ3v) is 5.48. The molecule has 0 aliphatic rings. The van der Waals surface area contributed by atoms with Crippen molar-refractivity contribution >= 4 is 17.3 Å². The summed E-state index contributed by atoms with van der Waals surface area (Å²) in [7, 11) is 1.63. The van der Waals surface area contributed by atoms with Gasteiger partial charge in [0, 0.05) is 24.0 Å². The van der Waals surface area contributed by atoms with Crippen LogP contribution in [0.15, 0.2) is 35.8 Å². The molecule has 2 heterocycles. The first-order chi connectivity index (χ1) is 14.6. The molecule has 0 saturated carbocycles. The van der Waals surface area contributed by atoms with Crippen LogP contribution < -0.4 is 4.74 Å². The fraction of sp³-hybridized carbons (Fsp3) is 0.381. The molecule has 1 N–H and O–H groups in total. The maximum atomic E-state index is 12.5. The van der Waals surface area contributed by atoms with Gasteiger partial charge in [0.05, 0.1) is 37.9 Å². The van der Waals surface area contributed by atoms with E-state index in [2.05, 4.69) is 5.10 Å². The summed E-state index contributed by atoms with van der Waals surface area (Å²) in [6.07, 6.45) is 1.52. The molecule has 0 atom stereocenters. The standard InChI is InChI=1S/C21H26N4O4S/c1-4-24(10-11-26)13-19-17(20(27)29-5-2)12-22-25(19)21-23-18(14-30-21)15-6-8-16(28-3)9-7-15/h6-9,12,14,26H,4-5,10-11,13H2,1-3H3. The van der Waals surface area contributed by atoms with Gasteiger partial charge in [-0.3, -0.25) is 4.90 Å². The minimum atomic E-state index is -0.411. The Morgan fingerprint density at radius 2 is 2.03 bits per heavy atom. The van der Waals surface area contributed by atoms with Crippen molar-refractivity contribution in [1.29, 1.82) is 0 Å². The van der Waals surface area contributed by atoms with E-state index in [1.165, 1.54) is 17.5 Å². The maximum Gasteiger partial charge on any atom is 0.341 e. The number of ether oxygens (including phenoxy) is 2. The van der Waals surface area contributed by atoms with E-state index in [9.17, 15) is 9.90 Å². The Balaban J connectivity index is 1.96. The van der Waals surface area contributed by atoms with E-state index in [0.29, 0.717) is 29.5 Å². The highest BCUT2D eigenvalue weighted by Crippen LogP contribution is 2.27. The van der Waals surface area contributed by atoms with Crippen LogP contribution in [0, 0.1) is 0 Å². The molecule has 0 aliphatic carbocycles. The molecule has 1 aromatic carbocycles. The van der Waals surface area contributed by atoms with Gasteiger partial charge < -0.3 is 14.6 Å². The summed E-state index contributed by atoms with van der Waals surface area (Å²) in [5.41, 5.74) is 2.89. The van der Waals surface area contributed by atoms with Crippen LogP contribution in [0.2, 0.25) is 0 Å². The molecule has 3 aromatic rings. The van der Waals surface area contributed by atoms with Gasteiger partial charge in [0.25, 0.3) is 0 Å². The van der Waals surface area contributed by atoms with Crippen LogP contribution in [0.3, 0.4) is 0 Å². The van der Waals surface area contributed by atoms with E-state index in [1.54, 1.807) is 18.7 Å². The predicted octanol–water partition coefficient (Wildman–Crippen LogP) is 3.00. The Bertz CT molecular complexity index is 968. The Labute approximate surface area is 179 Å². The number of thiazole rings is 1. The zero-order chi connectivity index (χ0) is 21.5. The molecular weight excluding hydrogens is 404 g/mol. The average molecular weight is 431 g/mol. The first kappa shape index (κ1) is 21.9. The van der Waals surface area contributed by atoms with Gasteiger partial charge in [-0.05, 0) is 37.7 Å². The minimum absolute atomic E-state index is 0.0373. The molecule has 0 unspecified atom stereocenters. The van der Waals surface area contributed by atoms with Crippen LogP contribution in [0.5, 0.6) is 5.75 Å². The number of hydrogen-bond acceptors (Lipinski definition) is 8. The lowest BCUT2D eigenvalue weighted by Crippen LogP contribution is -2.28. The van der Waals surface area contributed by atoms with Crippen molar-refractivity contribution in [2.45, 2.75) is 20.4 Å². The molecule has 0 bridgehead atoms. The molecule has 0 spiro atoms. The topological polar surface area (TPSA) is 89.7 Å². The van der Waals surface area contributed by atoms with E-state index in [0.717, 1.165) is 23.6 Å². The monoisotopic (exact) mass is 430 g/mol. The molecule has 160 valence electrons. The number of carbonyl (C=O) groups is 1. The summed E-state index contributed by atoms with van der Waals surface area (Å²) < 4.78 is 12.1. The quantitative estimate of drug-likeness (QED) is 0.495. The van der Waals surface area contributed by atoms with Gasteiger partial charge in [0.15, 0.2) is 0 Å². The zero-order valence-corrected chi connectivity index (χ0v) is 18.2. The van der Waals surface area contributed by atoms with E-state index in [1.807, 2.05) is 41.5 Å². The van der Waals surface area contributed by atoms with E-state index >= 15 is 0 Å². The second-order valence-electron chi connectivity index (χ2n) is 6.47. The maximum absolute atomic E-state index is 12.5. The van der Waals surface area contributed by atoms with Gasteiger partial charge in [0.1, 0.15) is 11.3 Å². The molecule has 30 heavy (non-hydrogen) atoms. The van der Waals surface area contributed by atoms with Crippen molar-refractivity contribution in [2.75, 3.05) is 33.4 Å². The number of aliphatic hydroxyl groups is 1. The molecule has 2 aromatic heterocycles. The van der Waals surface area contributed by atoms with E-state index in [-0.39, 0.29) is 13.2 Å². The summed E-state index contributed by atoms with van der Waals surface area (Å²) in [5.74, 6) is 0.372. The Morgan fingerprint density at radius 3 is 2.67 bits per heavy atom. The van der Waals surface area contributed by atoms with E-state index in [4.69, 9.17) is 14.5 Å². The van der Waals surface area contributed by atoms with Gasteiger partial charge in [-0.1, -0.05) is 6.92 Å². The van der Waals surface area contributed by atoms with Gasteiger partial charge in [-0.25, -0.2) is 14.5 Å². The predicted molar refractivity (Wildman–Crippen MR) is 115 cm³/mol. The number of likely N-dealkylation sites (N-methyl/N-ethyl adjacent to an activating group) is 1. The number of esters is 1. The second kappa shape index (κ2) is 10.3. The summed E-state index contributed by atoms with van der Waals surface area (Å²) in [6.45, 7) is 5.77. The van der Waals surface area contributed by atoms with Crippen LogP contribution in [-0.4, -0.2) is 64.2 Å². The fourth-order valence-corrected chi connectivity index (χ4v) is 3.84. The third-order valence-electron chi connectivity index (χ3n) is 4.66. The Morgan fingerprint density at radius 1 is 1.27 bits per heavy atom. The van der Waals surface area contributed by atoms with Gasteiger partial charge in [-0.2, -0.15) is 5.10 Å². The summed E-state index contributed by atoms with van der Waals surface area (Å²) in [5, 5.41) is 16.4. The smallest absolute Gasteiger partial charge is 0.341 e. The van der Waals surface area contributed by atoms with Crippen molar-refractivity contribution in [3.05, 3.63) is 47.1 Å². The van der Waals surface area contributed by atoms with Crippen LogP contribution in [-0.2, 0) is 11.3 Å². The minimum Gasteiger partial charge on any atom is -0.497 e. The number of benzene rings is 1. The number of methoxy groups -OCH3 is 1. The molecule has 0 amide bonds. The molecule has 0 aliphatic heterocycles. The van der Waals surface area contributed by atoms with Gasteiger partial charge in [-0.15, -0.1) is 11.3 Å². The lowest BCUT2D eigenvalue weighted by molar-refractivity contribution is 0.0523. The molecule has 3 rings (SSSR count). The van der Waals surface area contributed by atoms with Crippen molar-refractivity contribution in [1.82, 2.24) is 19.7 Å². The third kappa shape index (κ3) is 4.86. The van der Waals surface area contributed by atoms with E-state index < -0.39 is 5.97 Å². The fourth-order valence-electron chi connectivity index (χ4n) is 3.03. The molecular formula is C21H26N4O4S. The highest BCUT2D eigenvalue weighted by molar-refractivity contribution is 7.12. The molecule has 0 radical (unpaired) electrons. The number of hydrogen-bond donors (Lipinski definition) is 1. The van der Waals surface area contributed by atoms with Crippen LogP contribution in [0.25, 0.3) is 16.4 Å². The van der Waals surface area contributed by atoms with Crippen LogP contribution in [0.4, 0.5) is 0 Å². The number of nitrogens with zero attached hydrogens (tertiary/aromatic N) is 4. The number of aromatic nitrogens is 3. The highest BCUT2D eigenvalue weighted by atomic mass is 32.1. The molecule has 0 fully saturated rings. The molecule has 8 nitrogen and oxygen atoms in total. The summed E-state index contributed by atoms with van der Waals surface area (Å²) in [4.78, 5) is 19.2. The van der Waals surface area contributed by atoms with Crippen molar-refractivity contribution < 1.29 is 19.4 Å². The zero-order valence-electron chi connectivity index (χ0n) is 17.4.